The molecule has 0 atom stereocenters. The molecule has 0 unspecified atom stereocenters. The van der Waals surface area contributed by atoms with Crippen molar-refractivity contribution in [1.82, 2.24) is 4.31 Å². The van der Waals surface area contributed by atoms with Crippen LogP contribution in [0.1, 0.15) is 0 Å². The maximum atomic E-state index is 12.1. The number of hydrogen-bond acceptors (Lipinski definition) is 5. The minimum atomic E-state index is -4.97. The number of halogens is 3. The monoisotopic (exact) mass is 313 g/mol. The first-order chi connectivity index (χ1) is 7.73. The van der Waals surface area contributed by atoms with Crippen LogP contribution in [0.15, 0.2) is 0 Å². The van der Waals surface area contributed by atoms with Crippen molar-refractivity contribution in [1.29, 1.82) is 0 Å². The second-order valence-electron chi connectivity index (χ2n) is 3.43. The van der Waals surface area contributed by atoms with Crippen molar-refractivity contribution in [3.63, 3.8) is 0 Å². The molecule has 0 amide bonds. The van der Waals surface area contributed by atoms with Crippen molar-refractivity contribution in [3.05, 3.63) is 0 Å². The molecule has 18 heavy (non-hydrogen) atoms. The van der Waals surface area contributed by atoms with Gasteiger partial charge in [-0.25, -0.2) is 16.8 Å². The van der Waals surface area contributed by atoms with Crippen molar-refractivity contribution in [2.24, 2.45) is 0 Å². The van der Waals surface area contributed by atoms with E-state index in [1.807, 2.05) is 0 Å². The number of sulfonamides is 1. The van der Waals surface area contributed by atoms with Gasteiger partial charge < -0.3 is 5.11 Å². The van der Waals surface area contributed by atoms with E-state index in [1.54, 1.807) is 0 Å². The minimum absolute atomic E-state index is 0.434. The van der Waals surface area contributed by atoms with Crippen molar-refractivity contribution in [2.45, 2.75) is 6.18 Å². The van der Waals surface area contributed by atoms with Crippen molar-refractivity contribution in [3.8, 4) is 0 Å². The van der Waals surface area contributed by atoms with E-state index in [0.717, 1.165) is 0 Å². The Bertz CT molecular complexity index is 508. The van der Waals surface area contributed by atoms with Gasteiger partial charge in [-0.1, -0.05) is 0 Å². The third kappa shape index (κ3) is 7.45. The van der Waals surface area contributed by atoms with Gasteiger partial charge in [-0.15, -0.1) is 0 Å². The number of nitrogens with zero attached hydrogens (tertiary/aromatic N) is 1. The molecule has 108 valence electrons. The van der Waals surface area contributed by atoms with Crippen LogP contribution < -0.4 is 0 Å². The van der Waals surface area contributed by atoms with Gasteiger partial charge in [0.2, 0.25) is 10.0 Å². The summed E-state index contributed by atoms with van der Waals surface area (Å²) in [6, 6.07) is 0. The lowest BCUT2D eigenvalue weighted by Gasteiger charge is -2.20. The molecular formula is C6H10F3NO6S2. The lowest BCUT2D eigenvalue weighted by atomic mass is 10.6. The molecule has 0 rings (SSSR count). The van der Waals surface area contributed by atoms with E-state index in [2.05, 4.69) is 0 Å². The molecule has 0 saturated carbocycles. The summed E-state index contributed by atoms with van der Waals surface area (Å²) in [5, 5.41) is 6.74. The summed E-state index contributed by atoms with van der Waals surface area (Å²) in [7, 11) is -8.97. The zero-order chi connectivity index (χ0) is 14.8. The zero-order valence-electron chi connectivity index (χ0n) is 9.01. The van der Waals surface area contributed by atoms with Gasteiger partial charge in [-0.3, -0.25) is 4.79 Å². The number of sulfone groups is 1. The van der Waals surface area contributed by atoms with Gasteiger partial charge in [0.25, 0.3) is 0 Å². The summed E-state index contributed by atoms with van der Waals surface area (Å²) in [4.78, 5) is 10.3. The fourth-order valence-corrected chi connectivity index (χ4v) is 4.36. The summed E-state index contributed by atoms with van der Waals surface area (Å²) in [5.41, 5.74) is 0. The standard InChI is InChI=1S/C6H10F3NO6S2/c1-17(13,14)4-18(15,16)10(2-5(11)12)3-6(7,8)9/h2-4H2,1H3,(H,11,12). The second kappa shape index (κ2) is 5.40. The van der Waals surface area contributed by atoms with E-state index in [0.29, 0.717) is 6.26 Å². The first-order valence-corrected chi connectivity index (χ1v) is 7.84. The van der Waals surface area contributed by atoms with Crippen LogP contribution in [0, 0.1) is 0 Å². The molecule has 0 aromatic heterocycles. The Morgan fingerprint density at radius 1 is 1.22 bits per heavy atom. The summed E-state index contributed by atoms with van der Waals surface area (Å²) >= 11 is 0. The summed E-state index contributed by atoms with van der Waals surface area (Å²) < 4.78 is 80.0. The van der Waals surface area contributed by atoms with Gasteiger partial charge in [-0.2, -0.15) is 17.5 Å². The highest BCUT2D eigenvalue weighted by Gasteiger charge is 2.38. The molecule has 0 aliphatic carbocycles. The average Bonchev–Trinajstić information content (AvgIpc) is 1.93. The zero-order valence-corrected chi connectivity index (χ0v) is 10.6. The number of alkyl halides is 3. The Hall–Kier alpha value is -0.880. The second-order valence-corrected chi connectivity index (χ2v) is 7.91. The predicted octanol–water partition coefficient (Wildman–Crippen LogP) is -0.733. The third-order valence-electron chi connectivity index (χ3n) is 1.42. The fourth-order valence-electron chi connectivity index (χ4n) is 0.948. The van der Waals surface area contributed by atoms with Gasteiger partial charge >= 0.3 is 12.1 Å². The highest BCUT2D eigenvalue weighted by Crippen LogP contribution is 2.19. The molecule has 0 aliphatic rings. The molecule has 0 saturated heterocycles. The predicted molar refractivity (Wildman–Crippen MR) is 53.9 cm³/mol. The molecular weight excluding hydrogens is 303 g/mol. The molecule has 7 nitrogen and oxygen atoms in total. The van der Waals surface area contributed by atoms with Crippen LogP contribution >= 0.6 is 0 Å². The van der Waals surface area contributed by atoms with Gasteiger partial charge in [0.05, 0.1) is 0 Å². The smallest absolute Gasteiger partial charge is 0.402 e. The Labute approximate surface area is 101 Å². The quantitative estimate of drug-likeness (QED) is 0.692. The van der Waals surface area contributed by atoms with Crippen LogP contribution in [0.5, 0.6) is 0 Å². The van der Waals surface area contributed by atoms with Crippen molar-refractivity contribution in [2.75, 3.05) is 24.4 Å². The number of aliphatic carboxylic acids is 1. The summed E-state index contributed by atoms with van der Waals surface area (Å²) in [6.07, 6.45) is -4.46. The van der Waals surface area contributed by atoms with Crippen LogP contribution in [0.4, 0.5) is 13.2 Å². The van der Waals surface area contributed by atoms with Crippen molar-refractivity contribution < 1.29 is 39.9 Å². The van der Waals surface area contributed by atoms with Crippen molar-refractivity contribution >= 4 is 25.8 Å². The van der Waals surface area contributed by atoms with E-state index in [4.69, 9.17) is 5.11 Å². The Morgan fingerprint density at radius 3 is 1.94 bits per heavy atom. The lowest BCUT2D eigenvalue weighted by Crippen LogP contribution is -2.44. The van der Waals surface area contributed by atoms with Gasteiger partial charge in [-0.05, 0) is 0 Å². The lowest BCUT2D eigenvalue weighted by molar-refractivity contribution is -0.145. The third-order valence-corrected chi connectivity index (χ3v) is 5.37. The molecule has 0 aromatic rings. The molecule has 0 radical (unpaired) electrons. The van der Waals surface area contributed by atoms with Crippen LogP contribution in [0.25, 0.3) is 0 Å². The fraction of sp³-hybridized carbons (Fsp3) is 0.833. The van der Waals surface area contributed by atoms with Gasteiger partial charge in [0, 0.05) is 6.26 Å². The molecule has 0 heterocycles. The SMILES string of the molecule is CS(=O)(=O)CS(=O)(=O)N(CC(=O)O)CC(F)(F)F. The number of carbonyl (C=O) groups is 1. The first-order valence-electron chi connectivity index (χ1n) is 4.17. The van der Waals surface area contributed by atoms with Crippen LogP contribution in [0.3, 0.4) is 0 Å². The van der Waals surface area contributed by atoms with E-state index < -0.39 is 54.5 Å². The number of rotatable bonds is 6. The Balaban J connectivity index is 5.25. The summed E-state index contributed by atoms with van der Waals surface area (Å²) in [5.74, 6) is -1.82. The minimum Gasteiger partial charge on any atom is -0.480 e. The molecule has 12 heteroatoms. The van der Waals surface area contributed by atoms with E-state index >= 15 is 0 Å². The molecule has 0 fully saturated rings. The van der Waals surface area contributed by atoms with Crippen LogP contribution in [-0.2, 0) is 24.7 Å². The normalized spacial score (nSPS) is 13.8. The summed E-state index contributed by atoms with van der Waals surface area (Å²) in [6.45, 7) is -3.52. The number of hydrogen-bond donors (Lipinski definition) is 1. The first kappa shape index (κ1) is 17.1. The highest BCUT2D eigenvalue weighted by molar-refractivity contribution is 8.06. The average molecular weight is 313 g/mol. The molecule has 0 bridgehead atoms. The molecule has 0 spiro atoms. The van der Waals surface area contributed by atoms with Gasteiger partial charge in [0.1, 0.15) is 13.1 Å². The number of carboxylic acid groups (broad SMARTS) is 1. The highest BCUT2D eigenvalue weighted by atomic mass is 32.3. The molecule has 0 aliphatic heterocycles. The van der Waals surface area contributed by atoms with Crippen LogP contribution in [0.2, 0.25) is 0 Å². The maximum Gasteiger partial charge on any atom is 0.402 e. The largest absolute Gasteiger partial charge is 0.480 e. The topological polar surface area (TPSA) is 109 Å². The number of carboxylic acids is 1. The molecule has 0 aromatic carbocycles. The van der Waals surface area contributed by atoms with E-state index in [1.165, 1.54) is 0 Å². The molecule has 1 N–H and O–H groups in total. The maximum absolute atomic E-state index is 12.1. The van der Waals surface area contributed by atoms with E-state index in [-0.39, 0.29) is 0 Å². The Kier molecular flexibility index (Phi) is 5.14. The van der Waals surface area contributed by atoms with E-state index in [9.17, 15) is 34.8 Å². The van der Waals surface area contributed by atoms with Crippen LogP contribution in [-0.4, -0.2) is 62.8 Å². The Morgan fingerprint density at radius 2 is 1.67 bits per heavy atom. The van der Waals surface area contributed by atoms with Gasteiger partial charge in [0.15, 0.2) is 14.9 Å².